The summed E-state index contributed by atoms with van der Waals surface area (Å²) in [4.78, 5) is 20.8. The third-order valence-corrected chi connectivity index (χ3v) is 3.60. The van der Waals surface area contributed by atoms with Gasteiger partial charge in [-0.05, 0) is 6.07 Å². The second-order valence-corrected chi connectivity index (χ2v) is 4.95. The lowest BCUT2D eigenvalue weighted by Crippen LogP contribution is -2.37. The molecule has 3 rings (SSSR count). The topological polar surface area (TPSA) is 92.3 Å². The summed E-state index contributed by atoms with van der Waals surface area (Å²) in [5.74, 6) is 0.208. The van der Waals surface area contributed by atoms with Gasteiger partial charge in [-0.15, -0.1) is 0 Å². The Morgan fingerprint density at radius 1 is 1.43 bits per heavy atom. The second-order valence-electron chi connectivity index (χ2n) is 4.95. The molecule has 0 amide bonds. The maximum Gasteiger partial charge on any atom is 0.220 e. The highest BCUT2D eigenvalue weighted by Gasteiger charge is 2.26. The fourth-order valence-corrected chi connectivity index (χ4v) is 2.66. The number of nitrogens with two attached hydrogens (primary N) is 1. The van der Waals surface area contributed by atoms with Crippen molar-refractivity contribution >= 4 is 17.9 Å². The molecule has 0 saturated carbocycles. The van der Waals surface area contributed by atoms with Gasteiger partial charge in [0.05, 0.1) is 5.69 Å². The number of rotatable bonds is 3. The highest BCUT2D eigenvalue weighted by molar-refractivity contribution is 5.80. The minimum atomic E-state index is -0.723. The van der Waals surface area contributed by atoms with Gasteiger partial charge in [0.25, 0.3) is 0 Å². The van der Waals surface area contributed by atoms with Gasteiger partial charge in [-0.3, -0.25) is 0 Å². The zero-order chi connectivity index (χ0) is 14.8. The van der Waals surface area contributed by atoms with E-state index in [1.807, 2.05) is 29.2 Å². The third kappa shape index (κ3) is 2.45. The molecule has 2 aromatic rings. The number of anilines is 2. The van der Waals surface area contributed by atoms with E-state index in [0.717, 1.165) is 28.8 Å². The average molecular weight is 284 g/mol. The number of aliphatic hydroxyl groups is 1. The predicted octanol–water partition coefficient (Wildman–Crippen LogP) is 0.996. The molecule has 1 aromatic heterocycles. The third-order valence-electron chi connectivity index (χ3n) is 3.60. The first-order chi connectivity index (χ1) is 10.2. The molecule has 6 nitrogen and oxygen atoms in total. The molecule has 0 aliphatic carbocycles. The summed E-state index contributed by atoms with van der Waals surface area (Å²) in [5, 5.41) is 10.5. The van der Waals surface area contributed by atoms with Crippen LogP contribution in [0, 0.1) is 0 Å². The number of nitrogen functional groups attached to an aromatic ring is 1. The lowest BCUT2D eigenvalue weighted by molar-refractivity contribution is -0.107. The molecule has 1 aliphatic rings. The molecule has 0 saturated heterocycles. The van der Waals surface area contributed by atoms with E-state index in [2.05, 4.69) is 9.97 Å². The number of aldehydes is 1. The SMILES string of the molecule is Nc1ncc2c(n1)-c1ccccc1N(CCC=O)C(O)C2. The summed E-state index contributed by atoms with van der Waals surface area (Å²) < 4.78 is 0. The average Bonchev–Trinajstić information content (AvgIpc) is 2.60. The van der Waals surface area contributed by atoms with Crippen LogP contribution in [0.5, 0.6) is 0 Å². The van der Waals surface area contributed by atoms with Gasteiger partial charge in [0, 0.05) is 42.4 Å². The Labute approximate surface area is 122 Å². The highest BCUT2D eigenvalue weighted by atomic mass is 16.3. The van der Waals surface area contributed by atoms with Crippen molar-refractivity contribution in [1.29, 1.82) is 0 Å². The van der Waals surface area contributed by atoms with Gasteiger partial charge in [0.1, 0.15) is 12.5 Å². The van der Waals surface area contributed by atoms with E-state index in [1.165, 1.54) is 0 Å². The number of benzene rings is 1. The van der Waals surface area contributed by atoms with Crippen LogP contribution in [-0.4, -0.2) is 34.1 Å². The standard InChI is InChI=1S/C15H16N4O2/c16-15-17-9-10-8-13(21)19(6-3-7-20)12-5-2-1-4-11(12)14(10)18-15/h1-2,4-5,7,9,13,21H,3,6,8H2,(H2,16,17,18). The first-order valence-electron chi connectivity index (χ1n) is 6.80. The Morgan fingerprint density at radius 2 is 2.24 bits per heavy atom. The molecule has 6 heteroatoms. The van der Waals surface area contributed by atoms with Crippen LogP contribution >= 0.6 is 0 Å². The minimum Gasteiger partial charge on any atom is -0.373 e. The highest BCUT2D eigenvalue weighted by Crippen LogP contribution is 2.36. The molecule has 2 heterocycles. The molecule has 108 valence electrons. The van der Waals surface area contributed by atoms with E-state index < -0.39 is 6.23 Å². The van der Waals surface area contributed by atoms with E-state index in [9.17, 15) is 9.90 Å². The van der Waals surface area contributed by atoms with Crippen molar-refractivity contribution in [2.45, 2.75) is 19.1 Å². The summed E-state index contributed by atoms with van der Waals surface area (Å²) in [5.41, 5.74) is 9.02. The van der Waals surface area contributed by atoms with Crippen molar-refractivity contribution in [3.05, 3.63) is 36.0 Å². The molecule has 3 N–H and O–H groups in total. The van der Waals surface area contributed by atoms with Crippen LogP contribution in [0.25, 0.3) is 11.3 Å². The number of hydrogen-bond acceptors (Lipinski definition) is 6. The zero-order valence-corrected chi connectivity index (χ0v) is 11.4. The monoisotopic (exact) mass is 284 g/mol. The number of fused-ring (bicyclic) bond motifs is 3. The fourth-order valence-electron chi connectivity index (χ4n) is 2.66. The van der Waals surface area contributed by atoms with Gasteiger partial charge in [-0.1, -0.05) is 18.2 Å². The zero-order valence-electron chi connectivity index (χ0n) is 11.4. The van der Waals surface area contributed by atoms with Crippen molar-refractivity contribution in [1.82, 2.24) is 9.97 Å². The van der Waals surface area contributed by atoms with Crippen LogP contribution in [-0.2, 0) is 11.2 Å². The van der Waals surface area contributed by atoms with E-state index in [1.54, 1.807) is 6.20 Å². The van der Waals surface area contributed by atoms with Gasteiger partial charge < -0.3 is 20.5 Å². The summed E-state index contributed by atoms with van der Waals surface area (Å²) in [7, 11) is 0. The number of hydrogen-bond donors (Lipinski definition) is 2. The Hall–Kier alpha value is -2.47. The maximum atomic E-state index is 10.7. The van der Waals surface area contributed by atoms with E-state index in [4.69, 9.17) is 5.73 Å². The van der Waals surface area contributed by atoms with Gasteiger partial charge >= 0.3 is 0 Å². The van der Waals surface area contributed by atoms with Gasteiger partial charge in [-0.2, -0.15) is 0 Å². The number of nitrogens with zero attached hydrogens (tertiary/aromatic N) is 3. The number of carbonyl (C=O) groups excluding carboxylic acids is 1. The van der Waals surface area contributed by atoms with Crippen LogP contribution in [0.1, 0.15) is 12.0 Å². The van der Waals surface area contributed by atoms with Gasteiger partial charge in [0.2, 0.25) is 5.95 Å². The molecular formula is C15H16N4O2. The molecule has 21 heavy (non-hydrogen) atoms. The van der Waals surface area contributed by atoms with Crippen LogP contribution in [0.4, 0.5) is 11.6 Å². The van der Waals surface area contributed by atoms with Crippen LogP contribution in [0.15, 0.2) is 30.5 Å². The Bertz CT molecular complexity index is 674. The van der Waals surface area contributed by atoms with Crippen molar-refractivity contribution < 1.29 is 9.90 Å². The van der Waals surface area contributed by atoms with Crippen molar-refractivity contribution in [2.24, 2.45) is 0 Å². The molecule has 0 bridgehead atoms. The Kier molecular flexibility index (Phi) is 3.53. The maximum absolute atomic E-state index is 10.7. The number of carbonyl (C=O) groups is 1. The van der Waals surface area contributed by atoms with E-state index in [0.29, 0.717) is 19.4 Å². The van der Waals surface area contributed by atoms with Gasteiger partial charge in [0.15, 0.2) is 0 Å². The molecule has 1 aromatic carbocycles. The second kappa shape index (κ2) is 5.49. The lowest BCUT2D eigenvalue weighted by atomic mass is 10.1. The van der Waals surface area contributed by atoms with Crippen molar-refractivity contribution in [2.75, 3.05) is 17.2 Å². The molecule has 1 aliphatic heterocycles. The summed E-state index contributed by atoms with van der Waals surface area (Å²) in [6.45, 7) is 0.457. The quantitative estimate of drug-likeness (QED) is 0.817. The van der Waals surface area contributed by atoms with Crippen LogP contribution in [0.3, 0.4) is 0 Å². The molecule has 0 fully saturated rings. The fraction of sp³-hybridized carbons (Fsp3) is 0.267. The van der Waals surface area contributed by atoms with Crippen molar-refractivity contribution in [3.63, 3.8) is 0 Å². The first-order valence-corrected chi connectivity index (χ1v) is 6.80. The van der Waals surface area contributed by atoms with Crippen LogP contribution in [0.2, 0.25) is 0 Å². The number of aliphatic hydroxyl groups excluding tert-OH is 1. The number of para-hydroxylation sites is 1. The van der Waals surface area contributed by atoms with Gasteiger partial charge in [-0.25, -0.2) is 9.97 Å². The summed E-state index contributed by atoms with van der Waals surface area (Å²) in [6, 6.07) is 7.66. The molecule has 1 atom stereocenters. The minimum absolute atomic E-state index is 0.208. The van der Waals surface area contributed by atoms with Crippen molar-refractivity contribution in [3.8, 4) is 11.3 Å². The largest absolute Gasteiger partial charge is 0.373 e. The molecule has 1 unspecified atom stereocenters. The summed E-state index contributed by atoms with van der Waals surface area (Å²) in [6.07, 6.45) is 2.53. The Morgan fingerprint density at radius 3 is 3.05 bits per heavy atom. The molecule has 0 radical (unpaired) electrons. The lowest BCUT2D eigenvalue weighted by Gasteiger charge is -2.28. The number of aromatic nitrogens is 2. The van der Waals surface area contributed by atoms with E-state index >= 15 is 0 Å². The Balaban J connectivity index is 2.16. The normalized spacial score (nSPS) is 16.8. The smallest absolute Gasteiger partial charge is 0.220 e. The predicted molar refractivity (Wildman–Crippen MR) is 79.6 cm³/mol. The molecule has 0 spiro atoms. The van der Waals surface area contributed by atoms with Crippen LogP contribution < -0.4 is 10.6 Å². The summed E-state index contributed by atoms with van der Waals surface area (Å²) >= 11 is 0. The van der Waals surface area contributed by atoms with E-state index in [-0.39, 0.29) is 5.95 Å². The molecular weight excluding hydrogens is 268 g/mol. The first kappa shape index (κ1) is 13.5.